The molecule has 2 heteroatoms. The molecule has 0 aromatic rings. The first-order chi connectivity index (χ1) is 5.11. The molecule has 0 heterocycles. The molecule has 1 rings (SSSR count). The molecule has 1 nitrogen and oxygen atoms in total. The van der Waals surface area contributed by atoms with Gasteiger partial charge in [0.1, 0.15) is 0 Å². The molecule has 1 fully saturated rings. The minimum absolute atomic E-state index is 0. The second-order valence-corrected chi connectivity index (χ2v) is 4.39. The molecule has 68 valence electrons. The van der Waals surface area contributed by atoms with Gasteiger partial charge in [-0.15, -0.1) is 0 Å². The summed E-state index contributed by atoms with van der Waals surface area (Å²) in [7, 11) is 0. The van der Waals surface area contributed by atoms with Gasteiger partial charge in [0.05, 0.1) is 6.10 Å². The summed E-state index contributed by atoms with van der Waals surface area (Å²) in [4.78, 5) is 0. The van der Waals surface area contributed by atoms with Crippen molar-refractivity contribution in [3.05, 3.63) is 0 Å². The van der Waals surface area contributed by atoms with Crippen LogP contribution in [0.15, 0.2) is 0 Å². The Hall–Kier alpha value is 0.557. The third kappa shape index (κ3) is 3.13. The first-order valence-electron chi connectivity index (χ1n) is 4.79. The molecule has 0 spiro atoms. The van der Waals surface area contributed by atoms with E-state index in [1.165, 1.54) is 12.8 Å². The molecule has 0 aromatic heterocycles. The Morgan fingerprint density at radius 3 is 2.25 bits per heavy atom. The Bertz CT molecular complexity index is 125. The Kier molecular flexibility index (Phi) is 5.57. The van der Waals surface area contributed by atoms with Crippen molar-refractivity contribution in [2.45, 2.75) is 46.1 Å². The quantitative estimate of drug-likeness (QED) is 0.586. The van der Waals surface area contributed by atoms with Crippen molar-refractivity contribution in [3.8, 4) is 0 Å². The maximum atomic E-state index is 9.71. The van der Waals surface area contributed by atoms with Crippen LogP contribution < -0.4 is 0 Å². The van der Waals surface area contributed by atoms with E-state index in [1.807, 2.05) is 0 Å². The number of hydrogen-bond donors (Lipinski definition) is 1. The molecular formula is C10H21LiO. The molecule has 1 aliphatic carbocycles. The molecule has 0 bridgehead atoms. The van der Waals surface area contributed by atoms with E-state index in [0.717, 1.165) is 12.3 Å². The van der Waals surface area contributed by atoms with E-state index in [1.54, 1.807) is 0 Å². The van der Waals surface area contributed by atoms with E-state index in [0.29, 0.717) is 11.8 Å². The van der Waals surface area contributed by atoms with Crippen LogP contribution in [0.3, 0.4) is 0 Å². The molecule has 0 amide bonds. The van der Waals surface area contributed by atoms with Gasteiger partial charge in [-0.1, -0.05) is 27.2 Å². The van der Waals surface area contributed by atoms with Gasteiger partial charge in [0.2, 0.25) is 0 Å². The van der Waals surface area contributed by atoms with E-state index >= 15 is 0 Å². The van der Waals surface area contributed by atoms with Crippen LogP contribution in [0.25, 0.3) is 0 Å². The Labute approximate surface area is 88.1 Å². The zero-order valence-corrected chi connectivity index (χ0v) is 7.88. The number of aliphatic hydroxyl groups excluding tert-OH is 1. The van der Waals surface area contributed by atoms with Gasteiger partial charge in [0.25, 0.3) is 0 Å². The zero-order chi connectivity index (χ0) is 8.43. The zero-order valence-electron chi connectivity index (χ0n) is 7.88. The molecular weight excluding hydrogens is 143 g/mol. The number of rotatable bonds is 1. The van der Waals surface area contributed by atoms with E-state index in [2.05, 4.69) is 20.8 Å². The van der Waals surface area contributed by atoms with E-state index < -0.39 is 0 Å². The van der Waals surface area contributed by atoms with Crippen LogP contribution in [-0.4, -0.2) is 30.1 Å². The summed E-state index contributed by atoms with van der Waals surface area (Å²) in [5, 5.41) is 9.71. The van der Waals surface area contributed by atoms with Crippen molar-refractivity contribution in [2.24, 2.45) is 17.8 Å². The Morgan fingerprint density at radius 2 is 1.83 bits per heavy atom. The van der Waals surface area contributed by atoms with Crippen molar-refractivity contribution in [1.82, 2.24) is 0 Å². The van der Waals surface area contributed by atoms with Gasteiger partial charge in [0, 0.05) is 0 Å². The Morgan fingerprint density at radius 1 is 1.25 bits per heavy atom. The van der Waals surface area contributed by atoms with Gasteiger partial charge in [-0.25, -0.2) is 0 Å². The summed E-state index contributed by atoms with van der Waals surface area (Å²) >= 11 is 0. The molecule has 1 saturated carbocycles. The molecule has 12 heavy (non-hydrogen) atoms. The first-order valence-corrected chi connectivity index (χ1v) is 4.79. The normalized spacial score (nSPS) is 36.2. The summed E-state index contributed by atoms with van der Waals surface area (Å²) in [6.07, 6.45) is 3.52. The Balaban J connectivity index is 0.00000121. The van der Waals surface area contributed by atoms with Crippen molar-refractivity contribution in [2.75, 3.05) is 0 Å². The van der Waals surface area contributed by atoms with Crippen LogP contribution >= 0.6 is 0 Å². The maximum absolute atomic E-state index is 9.71. The fourth-order valence-corrected chi connectivity index (χ4v) is 2.15. The van der Waals surface area contributed by atoms with E-state index in [-0.39, 0.29) is 25.0 Å². The minimum atomic E-state index is -0.0289. The molecule has 3 unspecified atom stereocenters. The third-order valence-corrected chi connectivity index (χ3v) is 2.99. The van der Waals surface area contributed by atoms with Gasteiger partial charge in [-0.3, -0.25) is 0 Å². The number of hydrogen-bond acceptors (Lipinski definition) is 1. The van der Waals surface area contributed by atoms with Crippen molar-refractivity contribution in [3.63, 3.8) is 0 Å². The second kappa shape index (κ2) is 5.32. The van der Waals surface area contributed by atoms with Crippen LogP contribution in [0.5, 0.6) is 0 Å². The van der Waals surface area contributed by atoms with Gasteiger partial charge >= 0.3 is 18.9 Å². The van der Waals surface area contributed by atoms with Gasteiger partial charge in [-0.05, 0) is 30.6 Å². The van der Waals surface area contributed by atoms with Crippen molar-refractivity contribution >= 4 is 18.9 Å². The standard InChI is InChI=1S/C10H20O.Li.H/c1-7(2)9-5-4-8(3)6-10(9)11;;/h7-11H,4-6H2,1-3H3;;. The summed E-state index contributed by atoms with van der Waals surface area (Å²) in [6.45, 7) is 6.66. The van der Waals surface area contributed by atoms with E-state index in [4.69, 9.17) is 0 Å². The van der Waals surface area contributed by atoms with Crippen LogP contribution in [0.4, 0.5) is 0 Å². The molecule has 0 aliphatic heterocycles. The molecule has 0 radical (unpaired) electrons. The summed E-state index contributed by atoms with van der Waals surface area (Å²) in [6, 6.07) is 0. The molecule has 0 aromatic carbocycles. The topological polar surface area (TPSA) is 20.2 Å². The summed E-state index contributed by atoms with van der Waals surface area (Å²) in [5.41, 5.74) is 0. The first kappa shape index (κ1) is 12.6. The van der Waals surface area contributed by atoms with E-state index in [9.17, 15) is 5.11 Å². The average Bonchev–Trinajstić information content (AvgIpc) is 1.85. The third-order valence-electron chi connectivity index (χ3n) is 2.99. The molecule has 3 atom stereocenters. The van der Waals surface area contributed by atoms with Crippen molar-refractivity contribution < 1.29 is 5.11 Å². The predicted molar refractivity (Wildman–Crippen MR) is 54.5 cm³/mol. The van der Waals surface area contributed by atoms with Gasteiger partial charge in [-0.2, -0.15) is 0 Å². The fourth-order valence-electron chi connectivity index (χ4n) is 2.15. The molecule has 0 saturated heterocycles. The second-order valence-electron chi connectivity index (χ2n) is 4.39. The van der Waals surface area contributed by atoms with Crippen LogP contribution in [0.2, 0.25) is 0 Å². The van der Waals surface area contributed by atoms with Crippen molar-refractivity contribution in [1.29, 1.82) is 0 Å². The fraction of sp³-hybridized carbons (Fsp3) is 1.00. The van der Waals surface area contributed by atoms with Gasteiger partial charge < -0.3 is 5.11 Å². The molecule has 1 aliphatic rings. The van der Waals surface area contributed by atoms with Gasteiger partial charge in [0.15, 0.2) is 0 Å². The summed E-state index contributed by atoms with van der Waals surface area (Å²) < 4.78 is 0. The van der Waals surface area contributed by atoms with Crippen LogP contribution in [-0.2, 0) is 0 Å². The predicted octanol–water partition coefficient (Wildman–Crippen LogP) is 1.79. The van der Waals surface area contributed by atoms with Crippen LogP contribution in [0.1, 0.15) is 40.0 Å². The summed E-state index contributed by atoms with van der Waals surface area (Å²) in [5.74, 6) is 1.95. The average molecular weight is 164 g/mol. The molecule has 1 N–H and O–H groups in total. The van der Waals surface area contributed by atoms with Crippen LogP contribution in [0, 0.1) is 17.8 Å². The number of aliphatic hydroxyl groups is 1. The SMILES string of the molecule is CC1CCC(C(C)C)C(O)C1.[LiH]. The monoisotopic (exact) mass is 164 g/mol.